The number of carbonyl (C=O) groups is 1. The zero-order chi connectivity index (χ0) is 21.8. The molecule has 2 aromatic carbocycles. The third-order valence-electron chi connectivity index (χ3n) is 6.78. The maximum Gasteiger partial charge on any atom is 0.227 e. The summed E-state index contributed by atoms with van der Waals surface area (Å²) in [6.45, 7) is 2.27. The van der Waals surface area contributed by atoms with Crippen LogP contribution in [0.4, 0.5) is 0 Å². The highest BCUT2D eigenvalue weighted by Gasteiger charge is 2.41. The summed E-state index contributed by atoms with van der Waals surface area (Å²) < 4.78 is 11.8. The Morgan fingerprint density at radius 2 is 1.75 bits per heavy atom. The summed E-state index contributed by atoms with van der Waals surface area (Å²) in [5.74, 6) is 2.01. The predicted molar refractivity (Wildman–Crippen MR) is 121 cm³/mol. The van der Waals surface area contributed by atoms with Crippen molar-refractivity contribution in [3.63, 3.8) is 0 Å². The minimum absolute atomic E-state index is 0.130. The number of aromatic nitrogens is 2. The van der Waals surface area contributed by atoms with Crippen molar-refractivity contribution >= 4 is 5.91 Å². The number of hydrogen-bond donors (Lipinski definition) is 0. The Balaban J connectivity index is 1.16. The Labute approximate surface area is 188 Å². The van der Waals surface area contributed by atoms with Crippen molar-refractivity contribution in [2.24, 2.45) is 5.92 Å². The maximum absolute atomic E-state index is 12.7. The van der Waals surface area contributed by atoms with Gasteiger partial charge < -0.3 is 14.2 Å². The predicted octanol–water partition coefficient (Wildman–Crippen LogP) is 4.31. The van der Waals surface area contributed by atoms with Gasteiger partial charge in [0, 0.05) is 31.7 Å². The fourth-order valence-corrected chi connectivity index (χ4v) is 4.99. The smallest absolute Gasteiger partial charge is 0.227 e. The number of benzene rings is 2. The minimum Gasteiger partial charge on any atom is -0.375 e. The molecule has 6 nitrogen and oxygen atoms in total. The zero-order valence-corrected chi connectivity index (χ0v) is 18.3. The van der Waals surface area contributed by atoms with Crippen LogP contribution in [-0.2, 0) is 22.4 Å². The van der Waals surface area contributed by atoms with Crippen LogP contribution < -0.4 is 0 Å². The number of piperidine rings is 1. The first kappa shape index (κ1) is 20.9. The van der Waals surface area contributed by atoms with Crippen LogP contribution in [-0.4, -0.2) is 46.2 Å². The zero-order valence-electron chi connectivity index (χ0n) is 18.3. The van der Waals surface area contributed by atoms with Gasteiger partial charge in [0.1, 0.15) is 0 Å². The molecule has 5 rings (SSSR count). The first-order valence-corrected chi connectivity index (χ1v) is 11.5. The summed E-state index contributed by atoms with van der Waals surface area (Å²) >= 11 is 0. The van der Waals surface area contributed by atoms with Crippen molar-refractivity contribution in [1.82, 2.24) is 15.0 Å². The number of amides is 1. The fourth-order valence-electron chi connectivity index (χ4n) is 4.99. The lowest BCUT2D eigenvalue weighted by molar-refractivity contribution is -0.146. The maximum atomic E-state index is 12.7. The molecule has 0 aliphatic carbocycles. The van der Waals surface area contributed by atoms with Gasteiger partial charge in [0.05, 0.1) is 12.0 Å². The average Bonchev–Trinajstić information content (AvgIpc) is 3.29. The van der Waals surface area contributed by atoms with E-state index < -0.39 is 0 Å². The van der Waals surface area contributed by atoms with Crippen LogP contribution in [0.15, 0.2) is 65.2 Å². The molecule has 1 spiro atoms. The third-order valence-corrected chi connectivity index (χ3v) is 6.78. The van der Waals surface area contributed by atoms with Gasteiger partial charge in [-0.1, -0.05) is 65.8 Å². The van der Waals surface area contributed by atoms with Gasteiger partial charge in [-0.05, 0) is 37.2 Å². The highest BCUT2D eigenvalue weighted by Crippen LogP contribution is 2.39. The number of carbonyl (C=O) groups excluding carboxylic acids is 1. The lowest BCUT2D eigenvalue weighted by Crippen LogP contribution is -2.51. The molecule has 1 aromatic heterocycles. The first-order valence-electron chi connectivity index (χ1n) is 11.5. The largest absolute Gasteiger partial charge is 0.375 e. The molecule has 166 valence electrons. The summed E-state index contributed by atoms with van der Waals surface area (Å²) in [4.78, 5) is 19.3. The summed E-state index contributed by atoms with van der Waals surface area (Å²) in [5, 5.41) is 4.16. The van der Waals surface area contributed by atoms with Crippen molar-refractivity contribution in [3.05, 3.63) is 72.1 Å². The molecule has 2 fully saturated rings. The fraction of sp³-hybridized carbons (Fsp3) is 0.423. The molecule has 6 heteroatoms. The van der Waals surface area contributed by atoms with E-state index in [9.17, 15) is 4.79 Å². The molecule has 1 amide bonds. The van der Waals surface area contributed by atoms with Crippen molar-refractivity contribution in [1.29, 1.82) is 0 Å². The van der Waals surface area contributed by atoms with Crippen molar-refractivity contribution in [2.45, 2.75) is 44.1 Å². The Hall–Kier alpha value is -2.99. The van der Waals surface area contributed by atoms with Gasteiger partial charge in [-0.2, -0.15) is 4.98 Å². The van der Waals surface area contributed by atoms with Crippen LogP contribution in [0.3, 0.4) is 0 Å². The molecule has 1 atom stereocenters. The second-order valence-electron chi connectivity index (χ2n) is 9.02. The first-order chi connectivity index (χ1) is 15.7. The van der Waals surface area contributed by atoms with E-state index in [1.807, 2.05) is 65.6 Å². The van der Waals surface area contributed by atoms with E-state index in [0.29, 0.717) is 24.1 Å². The molecule has 0 N–H and O–H groups in total. The Morgan fingerprint density at radius 1 is 1.03 bits per heavy atom. The molecule has 2 aliphatic heterocycles. The number of hydrogen-bond acceptors (Lipinski definition) is 5. The van der Waals surface area contributed by atoms with Gasteiger partial charge in [0.25, 0.3) is 0 Å². The van der Waals surface area contributed by atoms with Gasteiger partial charge in [0.2, 0.25) is 17.6 Å². The number of ether oxygens (including phenoxy) is 1. The summed E-state index contributed by atoms with van der Waals surface area (Å²) in [5.41, 5.74) is 1.91. The van der Waals surface area contributed by atoms with Gasteiger partial charge in [0.15, 0.2) is 0 Å². The van der Waals surface area contributed by atoms with Crippen LogP contribution in [0.2, 0.25) is 0 Å². The van der Waals surface area contributed by atoms with Crippen molar-refractivity contribution < 1.29 is 14.1 Å². The van der Waals surface area contributed by atoms with E-state index >= 15 is 0 Å². The molecule has 0 bridgehead atoms. The molecule has 0 radical (unpaired) electrons. The number of likely N-dealkylation sites (tertiary alicyclic amines) is 1. The lowest BCUT2D eigenvalue weighted by atomic mass is 9.78. The van der Waals surface area contributed by atoms with Crippen LogP contribution >= 0.6 is 0 Å². The summed E-state index contributed by atoms with van der Waals surface area (Å²) in [7, 11) is 0. The van der Waals surface area contributed by atoms with Crippen LogP contribution in [0, 0.1) is 5.92 Å². The van der Waals surface area contributed by atoms with E-state index in [0.717, 1.165) is 62.9 Å². The van der Waals surface area contributed by atoms with E-state index in [2.05, 4.69) is 10.1 Å². The van der Waals surface area contributed by atoms with Gasteiger partial charge in [-0.3, -0.25) is 4.79 Å². The second kappa shape index (κ2) is 9.25. The molecule has 2 aliphatic rings. The molecule has 32 heavy (non-hydrogen) atoms. The Kier molecular flexibility index (Phi) is 6.04. The third kappa shape index (κ3) is 4.75. The van der Waals surface area contributed by atoms with Crippen molar-refractivity contribution in [2.75, 3.05) is 19.7 Å². The van der Waals surface area contributed by atoms with Crippen LogP contribution in [0.1, 0.15) is 37.1 Å². The standard InChI is InChI=1S/C26H29N3O3/c30-24(18-20-7-3-1-4-8-20)29-14-12-26(13-15-29)19-21(11-16-31-26)17-23-27-25(28-32-23)22-9-5-2-6-10-22/h1-10,21H,11-19H2. The Bertz CT molecular complexity index is 1030. The van der Waals surface area contributed by atoms with E-state index in [-0.39, 0.29) is 11.5 Å². The quantitative estimate of drug-likeness (QED) is 0.602. The SMILES string of the molecule is O=C(Cc1ccccc1)N1CCC2(CC1)CC(Cc1nc(-c3ccccc3)no1)CCO2. The second-order valence-corrected chi connectivity index (χ2v) is 9.02. The van der Waals surface area contributed by atoms with E-state index in [1.54, 1.807) is 0 Å². The van der Waals surface area contributed by atoms with Crippen LogP contribution in [0.25, 0.3) is 11.4 Å². The van der Waals surface area contributed by atoms with E-state index in [4.69, 9.17) is 9.26 Å². The molecule has 3 heterocycles. The Morgan fingerprint density at radius 3 is 2.50 bits per heavy atom. The lowest BCUT2D eigenvalue weighted by Gasteiger charge is -2.46. The highest BCUT2D eigenvalue weighted by molar-refractivity contribution is 5.78. The van der Waals surface area contributed by atoms with Gasteiger partial charge in [-0.15, -0.1) is 0 Å². The summed E-state index contributed by atoms with van der Waals surface area (Å²) in [6, 6.07) is 19.9. The van der Waals surface area contributed by atoms with Crippen LogP contribution in [0.5, 0.6) is 0 Å². The molecular weight excluding hydrogens is 402 g/mol. The highest BCUT2D eigenvalue weighted by atomic mass is 16.5. The van der Waals surface area contributed by atoms with E-state index in [1.165, 1.54) is 0 Å². The van der Waals surface area contributed by atoms with Gasteiger partial charge >= 0.3 is 0 Å². The van der Waals surface area contributed by atoms with Gasteiger partial charge in [-0.25, -0.2) is 0 Å². The summed E-state index contributed by atoms with van der Waals surface area (Å²) in [6.07, 6.45) is 5.02. The average molecular weight is 432 g/mol. The molecule has 1 unspecified atom stereocenters. The number of nitrogens with zero attached hydrogens (tertiary/aromatic N) is 3. The molecule has 0 saturated carbocycles. The van der Waals surface area contributed by atoms with Crippen molar-refractivity contribution in [3.8, 4) is 11.4 Å². The molecule has 2 saturated heterocycles. The topological polar surface area (TPSA) is 68.5 Å². The normalized spacial score (nSPS) is 20.4. The molecular formula is C26H29N3O3. The monoisotopic (exact) mass is 431 g/mol. The minimum atomic E-state index is -0.130. The number of rotatable bonds is 5. The molecule has 3 aromatic rings.